The molecule has 0 aliphatic carbocycles. The van der Waals surface area contributed by atoms with Crippen molar-refractivity contribution in [2.45, 2.75) is 96.6 Å². The molecule has 0 bridgehead atoms. The molecule has 6 rings (SSSR count). The smallest absolute Gasteiger partial charge is 0.407 e. The molecule has 1 aromatic carbocycles. The molecule has 2 aliphatic rings. The zero-order valence-electron chi connectivity index (χ0n) is 73.8. The number of hydrogen-bond donors (Lipinski definition) is 8. The molecule has 0 saturated carbocycles. The number of anilines is 2. The lowest BCUT2D eigenvalue weighted by atomic mass is 9.95. The van der Waals surface area contributed by atoms with Crippen LogP contribution < -0.4 is 47.7 Å². The fraction of sp³-hybridized carbons (Fsp3) is 0.605. The molecule has 1 fully saturated rings. The summed E-state index contributed by atoms with van der Waals surface area (Å²) < 4.78 is 86.7. The Balaban J connectivity index is 0.781. The predicted molar refractivity (Wildman–Crippen MR) is 461 cm³/mol. The number of benzene rings is 1. The number of aromatic nitrogens is 3. The molecular formula is C86H127N13O28. The number of carbonyl (C=O) groups is 13. The van der Waals surface area contributed by atoms with Crippen molar-refractivity contribution in [1.82, 2.24) is 45.2 Å². The van der Waals surface area contributed by atoms with Gasteiger partial charge in [0.25, 0.3) is 17.7 Å². The van der Waals surface area contributed by atoms with Crippen LogP contribution in [0.4, 0.5) is 21.9 Å². The molecule has 704 valence electrons. The second kappa shape index (κ2) is 61.0. The number of amides is 8. The topological polar surface area (TPSA) is 501 Å². The van der Waals surface area contributed by atoms with Gasteiger partial charge < -0.3 is 133 Å². The Hall–Kier alpha value is -10.5. The van der Waals surface area contributed by atoms with E-state index in [0.29, 0.717) is 191 Å². The maximum absolute atomic E-state index is 13.6. The first-order valence-corrected chi connectivity index (χ1v) is 42.5. The van der Waals surface area contributed by atoms with Gasteiger partial charge in [-0.25, -0.2) is 9.59 Å². The van der Waals surface area contributed by atoms with Gasteiger partial charge in [-0.05, 0) is 74.9 Å². The van der Waals surface area contributed by atoms with Crippen molar-refractivity contribution in [2.75, 3.05) is 229 Å². The van der Waals surface area contributed by atoms with E-state index in [1.807, 2.05) is 6.92 Å². The summed E-state index contributed by atoms with van der Waals surface area (Å²) in [4.78, 5) is 174. The van der Waals surface area contributed by atoms with Crippen molar-refractivity contribution >= 4 is 99.8 Å². The number of carbonyl (C=O) groups excluding carboxylic acids is 13. The minimum atomic E-state index is -1.13. The van der Waals surface area contributed by atoms with E-state index < -0.39 is 90.5 Å². The van der Waals surface area contributed by atoms with Gasteiger partial charge in [0, 0.05) is 130 Å². The van der Waals surface area contributed by atoms with Gasteiger partial charge in [0.1, 0.15) is 35.6 Å². The lowest BCUT2D eigenvalue weighted by Gasteiger charge is -2.20. The van der Waals surface area contributed by atoms with Crippen molar-refractivity contribution in [3.8, 4) is 5.75 Å². The first-order valence-electron chi connectivity index (χ1n) is 42.5. The molecule has 3 atom stereocenters. The van der Waals surface area contributed by atoms with Crippen LogP contribution in [0.3, 0.4) is 0 Å². The zero-order valence-corrected chi connectivity index (χ0v) is 73.8. The highest BCUT2D eigenvalue weighted by Crippen LogP contribution is 2.35. The van der Waals surface area contributed by atoms with Crippen LogP contribution in [0.25, 0.3) is 0 Å². The van der Waals surface area contributed by atoms with E-state index in [0.717, 1.165) is 11.1 Å². The van der Waals surface area contributed by atoms with Gasteiger partial charge in [-0.15, -0.1) is 0 Å². The fourth-order valence-corrected chi connectivity index (χ4v) is 12.5. The molecule has 0 radical (unpaired) electrons. The molecule has 5 heterocycles. The molecular weight excluding hydrogens is 1660 g/mol. The van der Waals surface area contributed by atoms with Gasteiger partial charge in [0.05, 0.1) is 218 Å². The van der Waals surface area contributed by atoms with E-state index in [1.165, 1.54) is 17.6 Å². The predicted octanol–water partition coefficient (Wildman–Crippen LogP) is 2.55. The summed E-state index contributed by atoms with van der Waals surface area (Å²) in [6.07, 6.45) is 5.91. The van der Waals surface area contributed by atoms with E-state index in [4.69, 9.17) is 76.8 Å². The third-order valence-corrected chi connectivity index (χ3v) is 19.2. The van der Waals surface area contributed by atoms with Crippen molar-refractivity contribution in [3.63, 3.8) is 0 Å². The number of aliphatic imine (C=N–C) groups is 1. The second-order valence-electron chi connectivity index (χ2n) is 29.6. The number of nitrogens with zero attached hydrogens (tertiary/aromatic N) is 5. The summed E-state index contributed by atoms with van der Waals surface area (Å²) >= 11 is 0. The van der Waals surface area contributed by atoms with Gasteiger partial charge in [-0.1, -0.05) is 12.2 Å². The molecule has 2 aliphatic heterocycles. The first-order chi connectivity index (χ1) is 61.3. The van der Waals surface area contributed by atoms with Crippen molar-refractivity contribution in [2.24, 2.45) is 37.8 Å². The molecule has 3 aromatic heterocycles. The van der Waals surface area contributed by atoms with E-state index in [9.17, 15) is 62.3 Å². The summed E-state index contributed by atoms with van der Waals surface area (Å²) in [5, 5.41) is 18.0. The van der Waals surface area contributed by atoms with Crippen LogP contribution in [0.1, 0.15) is 124 Å². The molecule has 1 saturated heterocycles. The molecule has 41 heteroatoms. The molecule has 0 spiro atoms. The normalized spacial score (nSPS) is 13.3. The van der Waals surface area contributed by atoms with Crippen LogP contribution in [-0.4, -0.2) is 332 Å². The van der Waals surface area contributed by atoms with Crippen LogP contribution in [-0.2, 0) is 132 Å². The Morgan fingerprint density at radius 1 is 0.520 bits per heavy atom. The van der Waals surface area contributed by atoms with Crippen LogP contribution in [0, 0.1) is 12.8 Å². The molecule has 1 unspecified atom stereocenters. The summed E-state index contributed by atoms with van der Waals surface area (Å²) in [6.45, 7) is 15.4. The number of aryl methyl sites for hydroxylation is 4. The van der Waals surface area contributed by atoms with E-state index in [2.05, 4.69) is 48.8 Å². The van der Waals surface area contributed by atoms with Gasteiger partial charge >= 0.3 is 12.1 Å². The number of fused-ring (bicyclic) bond motifs is 2. The number of alkyl carbamates (subject to hydrolysis) is 1. The minimum Gasteiger partial charge on any atom is -0.493 e. The van der Waals surface area contributed by atoms with Crippen molar-refractivity contribution in [1.29, 1.82) is 0 Å². The molecule has 127 heavy (non-hydrogen) atoms. The zero-order chi connectivity index (χ0) is 91.9. The van der Waals surface area contributed by atoms with Crippen LogP contribution in [0.5, 0.6) is 5.75 Å². The largest absolute Gasteiger partial charge is 0.493 e. The Kier molecular flexibility index (Phi) is 50.6. The number of ketones is 4. The summed E-state index contributed by atoms with van der Waals surface area (Å²) in [5.41, 5.74) is 10.1. The van der Waals surface area contributed by atoms with E-state index in [-0.39, 0.29) is 146 Å². The third kappa shape index (κ3) is 42.3. The van der Waals surface area contributed by atoms with E-state index in [1.54, 1.807) is 91.4 Å². The number of ether oxygens (including phenoxy) is 15. The highest BCUT2D eigenvalue weighted by Gasteiger charge is 2.34. The molecule has 8 amide bonds. The summed E-state index contributed by atoms with van der Waals surface area (Å²) in [6, 6.07) is 6.96. The lowest BCUT2D eigenvalue weighted by molar-refractivity contribution is -0.147. The Morgan fingerprint density at radius 2 is 1.05 bits per heavy atom. The fourth-order valence-electron chi connectivity index (χ4n) is 12.5. The number of methoxy groups -OCH3 is 1. The van der Waals surface area contributed by atoms with E-state index >= 15 is 0 Å². The number of hydrogen-bond acceptors (Lipinski definition) is 30. The quantitative estimate of drug-likeness (QED) is 0.0136. The molecule has 4 aromatic rings. The van der Waals surface area contributed by atoms with Crippen LogP contribution in [0.2, 0.25) is 0 Å². The third-order valence-electron chi connectivity index (χ3n) is 19.2. The number of nitrogens with two attached hydrogens (primary N) is 1. The van der Waals surface area contributed by atoms with Gasteiger partial charge in [0.15, 0.2) is 17.3 Å². The maximum atomic E-state index is 13.6. The highest BCUT2D eigenvalue weighted by molar-refractivity contribution is 6.06. The van der Waals surface area contributed by atoms with Crippen LogP contribution >= 0.6 is 0 Å². The highest BCUT2D eigenvalue weighted by atomic mass is 16.6. The SMILES string of the molecule is C=C1C[C@H]2C=Nc3cc(OCCCC(=O)Nc4cc(C(=O)Cc5cc(C(=O)Nc6cc(C(=O)NCCCOC(=O)[C@H](C)NC(=O)CCNC(=O)OCC(CC(=O)CNC(=O)CCC(=O)CNC(=O)CN)C(=O)CCCOCCOCCOCCOCCOCCOCCOCCOCCOCCOCCOCCOC)n(C)c6)n(C)c5)n(C)c4)c(C)cc3C(=O)N2C1. The lowest BCUT2D eigenvalue weighted by Crippen LogP contribution is -2.41. The monoisotopic (exact) mass is 1790 g/mol. The number of rotatable bonds is 71. The Labute approximate surface area is 739 Å². The number of nitrogens with one attached hydrogen (secondary N) is 7. The second-order valence-corrected chi connectivity index (χ2v) is 29.6. The van der Waals surface area contributed by atoms with Crippen molar-refractivity contribution in [3.05, 3.63) is 94.8 Å². The van der Waals surface area contributed by atoms with Gasteiger partial charge in [0.2, 0.25) is 23.6 Å². The number of esters is 1. The minimum absolute atomic E-state index is 0.0550. The average Bonchev–Trinajstić information content (AvgIpc) is 1.67. The van der Waals surface area contributed by atoms with Gasteiger partial charge in [-0.3, -0.25) is 57.7 Å². The summed E-state index contributed by atoms with van der Waals surface area (Å²) in [7, 11) is 6.59. The Morgan fingerprint density at radius 3 is 1.64 bits per heavy atom. The Bertz CT molecular complexity index is 4200. The van der Waals surface area contributed by atoms with Crippen molar-refractivity contribution < 1.29 is 133 Å². The summed E-state index contributed by atoms with van der Waals surface area (Å²) in [5.74, 6) is -6.23. The number of Topliss-reactive ketones (excluding diaryl/α,β-unsaturated/α-hetero) is 4. The maximum Gasteiger partial charge on any atom is 0.407 e. The molecule has 41 nitrogen and oxygen atoms in total. The van der Waals surface area contributed by atoms with Crippen LogP contribution in [0.15, 0.2) is 66.1 Å². The average molecular weight is 1790 g/mol. The van der Waals surface area contributed by atoms with Gasteiger partial charge in [-0.2, -0.15) is 0 Å². The molecule has 9 N–H and O–H groups in total. The first kappa shape index (κ1) is 105. The standard InChI is InChI=1S/C86H127N13O28/c1-60-43-67-52-90-71-50-77(61(2)44-70(71)84(110)99(67)55-60)125-19-9-12-79(105)94-65-48-72(97(5)57-65)76(103)46-63-45-73(96(4)56-63)83(109)95-66-49-74(98(6)58-66)82(108)88-16-10-20-126-85(111)62(3)93-80(106)15-17-89-86(112)127-59-64(47-69(101)54-91-78(104)14-13-68(100)53-92-81(107)51-87)75(102)11-8-18-114-23-24-116-27-28-118-31-32-120-35-36-122-39-40-124-42-41-123-38-37-121-34-33-119-30-29-117-26-25-115-22-21-113-7/h44-45,48-50,52,56-58,62,64,67H,1,8-43,46-47,51,53-55,59,87H2,2-7H3,(H,88,108)(H,89,112)(H,91,104)(H,92,107)(H,93,106)(H,94,105)(H,95,109)/t62-,64?,67-/m0/s1.